The van der Waals surface area contributed by atoms with Crippen LogP contribution in [0, 0.1) is 19.6 Å². The Morgan fingerprint density at radius 1 is 1.41 bits per heavy atom. The molecule has 4 N–H and O–H groups in total. The molecule has 0 unspecified atom stereocenters. The Morgan fingerprint density at radius 3 is 2.82 bits per heavy atom. The van der Waals surface area contributed by atoms with Gasteiger partial charge in [-0.25, -0.2) is 9.97 Å². The minimum atomic E-state index is -0.807. The maximum absolute atomic E-state index is 11.7. The predicted molar refractivity (Wildman–Crippen MR) is 132 cm³/mol. The van der Waals surface area contributed by atoms with Gasteiger partial charge in [-0.1, -0.05) is 13.8 Å². The van der Waals surface area contributed by atoms with Gasteiger partial charge < -0.3 is 30.0 Å². The van der Waals surface area contributed by atoms with Gasteiger partial charge in [0.2, 0.25) is 0 Å². The van der Waals surface area contributed by atoms with Crippen LogP contribution in [0.1, 0.15) is 43.7 Å². The van der Waals surface area contributed by atoms with Gasteiger partial charge in [-0.05, 0) is 40.6 Å². The number of fused-ring (bicyclic) bond motifs is 1. The number of anilines is 1. The van der Waals surface area contributed by atoms with Crippen molar-refractivity contribution in [1.29, 1.82) is 0 Å². The van der Waals surface area contributed by atoms with Crippen LogP contribution in [0.4, 0.5) is 11.5 Å². The average molecular weight is 583 g/mol. The highest BCUT2D eigenvalue weighted by Crippen LogP contribution is 2.37. The molecule has 3 heterocycles. The highest BCUT2D eigenvalue weighted by Gasteiger charge is 2.36. The molecule has 3 aromatic rings. The van der Waals surface area contributed by atoms with E-state index in [9.17, 15) is 20.3 Å². The smallest absolute Gasteiger partial charge is 0.276 e. The summed E-state index contributed by atoms with van der Waals surface area (Å²) in [4.78, 5) is 19.7. The summed E-state index contributed by atoms with van der Waals surface area (Å²) in [5.74, 6) is 0.222. The lowest BCUT2D eigenvalue weighted by Gasteiger charge is -2.22. The molecule has 34 heavy (non-hydrogen) atoms. The second kappa shape index (κ2) is 10.1. The van der Waals surface area contributed by atoms with Crippen LogP contribution in [0.3, 0.4) is 0 Å². The number of nitro benzene ring substituents is 1. The third-order valence-electron chi connectivity index (χ3n) is 5.93. The first kappa shape index (κ1) is 24.7. The average Bonchev–Trinajstić information content (AvgIpc) is 3.35. The van der Waals surface area contributed by atoms with Crippen LogP contribution in [-0.4, -0.2) is 48.5 Å². The Bertz CT molecular complexity index is 1200. The molecule has 1 aliphatic rings. The van der Waals surface area contributed by atoms with Gasteiger partial charge in [-0.2, -0.15) is 0 Å². The summed E-state index contributed by atoms with van der Waals surface area (Å²) in [5.41, 5.74) is 7.89. The minimum absolute atomic E-state index is 0.0132. The summed E-state index contributed by atoms with van der Waals surface area (Å²) in [6.07, 6.45) is 0.835. The van der Waals surface area contributed by atoms with E-state index in [0.717, 1.165) is 3.57 Å². The molecule has 0 bridgehead atoms. The van der Waals surface area contributed by atoms with E-state index in [4.69, 9.17) is 15.2 Å². The van der Waals surface area contributed by atoms with Crippen molar-refractivity contribution in [2.75, 3.05) is 12.3 Å². The number of nitrogen functional groups attached to an aromatic ring is 1. The highest BCUT2D eigenvalue weighted by molar-refractivity contribution is 14.1. The number of aromatic nitrogens is 3. The molecular formula is C22H26IN5O6. The molecule has 1 fully saturated rings. The lowest BCUT2D eigenvalue weighted by atomic mass is 9.97. The number of rotatable bonds is 8. The number of benzene rings is 1. The third kappa shape index (κ3) is 4.73. The van der Waals surface area contributed by atoms with E-state index >= 15 is 0 Å². The molecule has 11 nitrogen and oxygen atoms in total. The first-order valence-corrected chi connectivity index (χ1v) is 11.9. The molecule has 4 atom stereocenters. The molecule has 0 aliphatic carbocycles. The third-order valence-corrected chi connectivity index (χ3v) is 6.60. The lowest BCUT2D eigenvalue weighted by Crippen LogP contribution is -2.24. The topological polar surface area (TPSA) is 159 Å². The molecule has 0 amide bonds. The molecule has 1 aromatic carbocycles. The zero-order valence-corrected chi connectivity index (χ0v) is 20.8. The Balaban J connectivity index is 1.68. The van der Waals surface area contributed by atoms with E-state index in [1.54, 1.807) is 16.8 Å². The van der Waals surface area contributed by atoms with E-state index in [1.165, 1.54) is 12.4 Å². The summed E-state index contributed by atoms with van der Waals surface area (Å²) in [6, 6.07) is 5.08. The molecular weight excluding hydrogens is 557 g/mol. The van der Waals surface area contributed by atoms with E-state index in [-0.39, 0.29) is 37.1 Å². The SMILES string of the molecule is CC(C)[C@@H](OCc1cn([C@H]2C[C@@H](O)[C@@H](CO)O2)c2ncnc(N)c12)c1ccc(I)cc1[N+](=O)[O-]. The quantitative estimate of drug-likeness (QED) is 0.206. The summed E-state index contributed by atoms with van der Waals surface area (Å²) >= 11 is 2.05. The molecule has 0 saturated carbocycles. The predicted octanol–water partition coefficient (Wildman–Crippen LogP) is 3.08. The van der Waals surface area contributed by atoms with Crippen LogP contribution >= 0.6 is 22.6 Å². The van der Waals surface area contributed by atoms with Crippen LogP contribution in [0.2, 0.25) is 0 Å². The van der Waals surface area contributed by atoms with Crippen molar-refractivity contribution in [3.8, 4) is 0 Å². The Kier molecular flexibility index (Phi) is 7.33. The van der Waals surface area contributed by atoms with E-state index in [0.29, 0.717) is 22.2 Å². The molecule has 0 spiro atoms. The number of aliphatic hydroxyl groups excluding tert-OH is 2. The molecule has 2 aromatic heterocycles. The van der Waals surface area contributed by atoms with Gasteiger partial charge in [0, 0.05) is 27.8 Å². The standard InChI is InChI=1S/C22H26IN5O6/c1-11(2)20(14-4-3-13(23)5-15(14)28(31)32)33-9-12-7-27(18-6-16(30)17(8-29)34-18)22-19(12)21(24)25-10-26-22/h3-5,7,10-11,16-18,20,29-30H,6,8-9H2,1-2H3,(H2,24,25,26)/t16-,17-,18-,20-/m1/s1. The number of hydrogen-bond acceptors (Lipinski definition) is 9. The maximum atomic E-state index is 11.7. The van der Waals surface area contributed by atoms with Crippen molar-refractivity contribution in [2.24, 2.45) is 5.92 Å². The van der Waals surface area contributed by atoms with Gasteiger partial charge in [0.1, 0.15) is 30.1 Å². The minimum Gasteiger partial charge on any atom is -0.394 e. The van der Waals surface area contributed by atoms with Crippen LogP contribution in [0.5, 0.6) is 0 Å². The van der Waals surface area contributed by atoms with Crippen LogP contribution in [-0.2, 0) is 16.1 Å². The highest BCUT2D eigenvalue weighted by atomic mass is 127. The van der Waals surface area contributed by atoms with Gasteiger partial charge >= 0.3 is 0 Å². The summed E-state index contributed by atoms with van der Waals surface area (Å²) in [5, 5.41) is 31.9. The molecule has 0 radical (unpaired) electrons. The number of nitrogens with two attached hydrogens (primary N) is 1. The van der Waals surface area contributed by atoms with Crippen molar-refractivity contribution in [1.82, 2.24) is 14.5 Å². The lowest BCUT2D eigenvalue weighted by molar-refractivity contribution is -0.386. The van der Waals surface area contributed by atoms with Crippen molar-refractivity contribution in [2.45, 2.75) is 51.4 Å². The van der Waals surface area contributed by atoms with Crippen LogP contribution < -0.4 is 5.73 Å². The van der Waals surface area contributed by atoms with E-state index < -0.39 is 29.5 Å². The molecule has 4 rings (SSSR count). The van der Waals surface area contributed by atoms with Crippen molar-refractivity contribution < 1.29 is 24.6 Å². The maximum Gasteiger partial charge on any atom is 0.276 e. The van der Waals surface area contributed by atoms with Crippen molar-refractivity contribution in [3.63, 3.8) is 0 Å². The molecule has 1 aliphatic heterocycles. The van der Waals surface area contributed by atoms with E-state index in [1.807, 2.05) is 42.5 Å². The fourth-order valence-corrected chi connectivity index (χ4v) is 4.78. The fourth-order valence-electron chi connectivity index (χ4n) is 4.30. The Morgan fingerprint density at radius 2 is 2.18 bits per heavy atom. The number of halogens is 1. The second-order valence-electron chi connectivity index (χ2n) is 8.57. The van der Waals surface area contributed by atoms with Crippen LogP contribution in [0.15, 0.2) is 30.7 Å². The number of aliphatic hydroxyl groups is 2. The van der Waals surface area contributed by atoms with Crippen LogP contribution in [0.25, 0.3) is 11.0 Å². The molecule has 182 valence electrons. The largest absolute Gasteiger partial charge is 0.394 e. The fraction of sp³-hybridized carbons (Fsp3) is 0.455. The normalized spacial score (nSPS) is 21.4. The molecule has 1 saturated heterocycles. The second-order valence-corrected chi connectivity index (χ2v) is 9.82. The number of nitro groups is 1. The monoisotopic (exact) mass is 583 g/mol. The zero-order chi connectivity index (χ0) is 24.6. The van der Waals surface area contributed by atoms with Crippen molar-refractivity contribution in [3.05, 3.63) is 55.5 Å². The number of nitrogens with zero attached hydrogens (tertiary/aromatic N) is 4. The Hall–Kier alpha value is -2.39. The first-order chi connectivity index (χ1) is 16.2. The van der Waals surface area contributed by atoms with Gasteiger partial charge in [0.15, 0.2) is 0 Å². The first-order valence-electron chi connectivity index (χ1n) is 10.8. The van der Waals surface area contributed by atoms with Gasteiger partial charge in [0.25, 0.3) is 5.69 Å². The Labute approximate surface area is 209 Å². The van der Waals surface area contributed by atoms with Gasteiger partial charge in [0.05, 0.1) is 41.3 Å². The van der Waals surface area contributed by atoms with E-state index in [2.05, 4.69) is 9.97 Å². The summed E-state index contributed by atoms with van der Waals surface area (Å²) in [7, 11) is 0. The van der Waals surface area contributed by atoms with Gasteiger partial charge in [-0.15, -0.1) is 0 Å². The number of ether oxygens (including phenoxy) is 2. The molecule has 12 heteroatoms. The van der Waals surface area contributed by atoms with Gasteiger partial charge in [-0.3, -0.25) is 10.1 Å². The van der Waals surface area contributed by atoms with Crippen molar-refractivity contribution >= 4 is 45.1 Å². The number of hydrogen-bond donors (Lipinski definition) is 3. The zero-order valence-electron chi connectivity index (χ0n) is 18.7. The summed E-state index contributed by atoms with van der Waals surface area (Å²) in [6.45, 7) is 3.69. The summed E-state index contributed by atoms with van der Waals surface area (Å²) < 4.78 is 14.6.